The number of ether oxygens (including phenoxy) is 1. The first-order valence-electron chi connectivity index (χ1n) is 12.3. The molecule has 1 aliphatic heterocycles. The standard InChI is InChI=1S/C29H22N4O7/c34-28(18-40-29(35)15-23-12-13-24(32(36)37)16-27(23)33(38)39)31-26(20-7-2-1-3-8-20)17-25(30-31)22-11-10-19-6-4-5-9-21(19)14-22/h1-14,16,26H,15,17-18H2. The Morgan fingerprint density at radius 2 is 1.60 bits per heavy atom. The average Bonchev–Trinajstić information content (AvgIpc) is 3.42. The van der Waals surface area contributed by atoms with Crippen LogP contribution in [0.1, 0.15) is 29.2 Å². The van der Waals surface area contributed by atoms with Gasteiger partial charge in [-0.25, -0.2) is 5.01 Å². The van der Waals surface area contributed by atoms with Crippen LogP contribution in [0.4, 0.5) is 11.4 Å². The summed E-state index contributed by atoms with van der Waals surface area (Å²) in [7, 11) is 0. The molecule has 4 aromatic carbocycles. The van der Waals surface area contributed by atoms with Gasteiger partial charge in [0.2, 0.25) is 0 Å². The molecule has 0 N–H and O–H groups in total. The van der Waals surface area contributed by atoms with E-state index < -0.39 is 52.2 Å². The number of hydrogen-bond donors (Lipinski definition) is 0. The van der Waals surface area contributed by atoms with Crippen molar-refractivity contribution in [1.82, 2.24) is 5.01 Å². The third-order valence-electron chi connectivity index (χ3n) is 6.60. The minimum atomic E-state index is -0.889. The van der Waals surface area contributed by atoms with E-state index in [2.05, 4.69) is 5.10 Å². The molecule has 0 saturated heterocycles. The van der Waals surface area contributed by atoms with Gasteiger partial charge in [-0.05, 0) is 34.0 Å². The molecule has 11 nitrogen and oxygen atoms in total. The number of nitro benzene ring substituents is 2. The maximum atomic E-state index is 13.2. The van der Waals surface area contributed by atoms with Crippen molar-refractivity contribution in [2.45, 2.75) is 18.9 Å². The van der Waals surface area contributed by atoms with Crippen molar-refractivity contribution in [2.75, 3.05) is 6.61 Å². The Hall–Kier alpha value is -5.45. The minimum Gasteiger partial charge on any atom is -0.455 e. The fourth-order valence-corrected chi connectivity index (χ4v) is 4.62. The van der Waals surface area contributed by atoms with Crippen LogP contribution in [0, 0.1) is 20.2 Å². The summed E-state index contributed by atoms with van der Waals surface area (Å²) >= 11 is 0. The summed E-state index contributed by atoms with van der Waals surface area (Å²) in [5.41, 5.74) is 1.33. The van der Waals surface area contributed by atoms with E-state index in [1.54, 1.807) is 0 Å². The lowest BCUT2D eigenvalue weighted by molar-refractivity contribution is -0.394. The molecule has 11 heteroatoms. The lowest BCUT2D eigenvalue weighted by Gasteiger charge is -2.21. The number of fused-ring (bicyclic) bond motifs is 1. The predicted molar refractivity (Wildman–Crippen MR) is 146 cm³/mol. The molecule has 1 unspecified atom stereocenters. The molecule has 5 rings (SSSR count). The number of non-ortho nitro benzene ring substituents is 1. The maximum absolute atomic E-state index is 13.2. The van der Waals surface area contributed by atoms with Gasteiger partial charge in [-0.3, -0.25) is 29.8 Å². The van der Waals surface area contributed by atoms with Crippen molar-refractivity contribution < 1.29 is 24.2 Å². The number of rotatable bonds is 8. The van der Waals surface area contributed by atoms with Crippen LogP contribution in [-0.2, 0) is 20.7 Å². The van der Waals surface area contributed by atoms with Gasteiger partial charge in [0.05, 0.1) is 34.1 Å². The van der Waals surface area contributed by atoms with Crippen molar-refractivity contribution in [1.29, 1.82) is 0 Å². The summed E-state index contributed by atoms with van der Waals surface area (Å²) in [5.74, 6) is -1.45. The van der Waals surface area contributed by atoms with Crippen LogP contribution in [-0.4, -0.2) is 39.1 Å². The largest absolute Gasteiger partial charge is 0.455 e. The molecule has 0 radical (unpaired) electrons. The van der Waals surface area contributed by atoms with Crippen LogP contribution in [0.5, 0.6) is 0 Å². The summed E-state index contributed by atoms with van der Waals surface area (Å²) in [4.78, 5) is 46.5. The number of benzene rings is 4. The highest BCUT2D eigenvalue weighted by molar-refractivity contribution is 6.05. The Morgan fingerprint density at radius 3 is 2.33 bits per heavy atom. The predicted octanol–water partition coefficient (Wildman–Crippen LogP) is 5.12. The van der Waals surface area contributed by atoms with Crippen LogP contribution in [0.25, 0.3) is 10.8 Å². The van der Waals surface area contributed by atoms with Crippen molar-refractivity contribution in [3.63, 3.8) is 0 Å². The van der Waals surface area contributed by atoms with Crippen molar-refractivity contribution >= 4 is 39.7 Å². The molecule has 0 saturated carbocycles. The summed E-state index contributed by atoms with van der Waals surface area (Å²) in [6.07, 6.45) is -0.0770. The van der Waals surface area contributed by atoms with Crippen molar-refractivity contribution in [2.24, 2.45) is 5.10 Å². The van der Waals surface area contributed by atoms with E-state index in [4.69, 9.17) is 4.74 Å². The Morgan fingerprint density at radius 1 is 0.875 bits per heavy atom. The molecule has 1 heterocycles. The Labute approximate surface area is 227 Å². The first kappa shape index (κ1) is 26.2. The highest BCUT2D eigenvalue weighted by Gasteiger charge is 2.33. The number of carbonyl (C=O) groups excluding carboxylic acids is 2. The molecule has 1 aliphatic rings. The van der Waals surface area contributed by atoms with Gasteiger partial charge in [-0.1, -0.05) is 66.7 Å². The van der Waals surface area contributed by atoms with Gasteiger partial charge in [-0.15, -0.1) is 0 Å². The summed E-state index contributed by atoms with van der Waals surface area (Å²) in [5, 5.41) is 30.3. The van der Waals surface area contributed by atoms with Gasteiger partial charge < -0.3 is 4.74 Å². The fourth-order valence-electron chi connectivity index (χ4n) is 4.62. The molecule has 200 valence electrons. The second-order valence-corrected chi connectivity index (χ2v) is 9.14. The van der Waals surface area contributed by atoms with Crippen LogP contribution in [0.2, 0.25) is 0 Å². The zero-order valence-corrected chi connectivity index (χ0v) is 21.0. The van der Waals surface area contributed by atoms with Gasteiger partial charge in [0.25, 0.3) is 17.3 Å². The van der Waals surface area contributed by atoms with Crippen molar-refractivity contribution in [3.8, 4) is 0 Å². The molecule has 4 aromatic rings. The summed E-state index contributed by atoms with van der Waals surface area (Å²) in [6, 6.07) is 25.8. The molecule has 0 spiro atoms. The van der Waals surface area contributed by atoms with Crippen molar-refractivity contribution in [3.05, 3.63) is 128 Å². The molecule has 0 aromatic heterocycles. The zero-order valence-electron chi connectivity index (χ0n) is 21.0. The third-order valence-corrected chi connectivity index (χ3v) is 6.60. The smallest absolute Gasteiger partial charge is 0.311 e. The van der Waals surface area contributed by atoms with E-state index in [9.17, 15) is 29.8 Å². The van der Waals surface area contributed by atoms with E-state index in [1.165, 1.54) is 5.01 Å². The molecule has 1 atom stereocenters. The molecule has 40 heavy (non-hydrogen) atoms. The van der Waals surface area contributed by atoms with Crippen LogP contribution < -0.4 is 0 Å². The molecule has 0 fully saturated rings. The number of esters is 1. The van der Waals surface area contributed by atoms with E-state index >= 15 is 0 Å². The highest BCUT2D eigenvalue weighted by atomic mass is 16.6. The third kappa shape index (κ3) is 5.53. The molecule has 0 aliphatic carbocycles. The summed E-state index contributed by atoms with van der Waals surface area (Å²) < 4.78 is 5.16. The first-order valence-corrected chi connectivity index (χ1v) is 12.3. The average molecular weight is 539 g/mol. The first-order chi connectivity index (χ1) is 19.3. The second-order valence-electron chi connectivity index (χ2n) is 9.14. The number of hydrogen-bond acceptors (Lipinski definition) is 8. The number of nitrogens with zero attached hydrogens (tertiary/aromatic N) is 4. The van der Waals surface area contributed by atoms with Gasteiger partial charge in [-0.2, -0.15) is 5.10 Å². The fraction of sp³-hybridized carbons (Fsp3) is 0.138. The minimum absolute atomic E-state index is 0.0620. The Kier molecular flexibility index (Phi) is 7.27. The maximum Gasteiger partial charge on any atom is 0.311 e. The zero-order chi connectivity index (χ0) is 28.2. The van der Waals surface area contributed by atoms with E-state index in [1.807, 2.05) is 72.8 Å². The van der Waals surface area contributed by atoms with Crippen LogP contribution in [0.15, 0.2) is 96.1 Å². The van der Waals surface area contributed by atoms with E-state index in [0.29, 0.717) is 12.1 Å². The Balaban J connectivity index is 1.33. The number of hydrazone groups is 1. The van der Waals surface area contributed by atoms with E-state index in [0.717, 1.165) is 40.1 Å². The number of amides is 1. The monoisotopic (exact) mass is 538 g/mol. The van der Waals surface area contributed by atoms with Gasteiger partial charge in [0.15, 0.2) is 6.61 Å². The number of nitro groups is 2. The SMILES string of the molecule is O=C(Cc1ccc([N+](=O)[O-])cc1[N+](=O)[O-])OCC(=O)N1N=C(c2ccc3ccccc3c2)CC1c1ccccc1. The lowest BCUT2D eigenvalue weighted by Crippen LogP contribution is -2.31. The Bertz CT molecular complexity index is 1670. The second kappa shape index (κ2) is 11.1. The molecular weight excluding hydrogens is 516 g/mol. The van der Waals surface area contributed by atoms with Gasteiger partial charge >= 0.3 is 5.97 Å². The summed E-state index contributed by atoms with van der Waals surface area (Å²) in [6.45, 7) is -0.628. The normalized spacial score (nSPS) is 14.6. The van der Waals surface area contributed by atoms with E-state index in [-0.39, 0.29) is 5.56 Å². The molecule has 0 bridgehead atoms. The van der Waals surface area contributed by atoms with Crippen LogP contribution >= 0.6 is 0 Å². The molecular formula is C29H22N4O7. The highest BCUT2D eigenvalue weighted by Crippen LogP contribution is 2.33. The lowest BCUT2D eigenvalue weighted by atomic mass is 9.97. The number of carbonyl (C=O) groups is 2. The van der Waals surface area contributed by atoms with Gasteiger partial charge in [0.1, 0.15) is 0 Å². The topological polar surface area (TPSA) is 145 Å². The quantitative estimate of drug-likeness (QED) is 0.172. The molecule has 1 amide bonds. The van der Waals surface area contributed by atoms with Gasteiger partial charge in [0, 0.05) is 18.1 Å². The van der Waals surface area contributed by atoms with Crippen LogP contribution in [0.3, 0.4) is 0 Å².